The molecule has 1 amide bonds. The van der Waals surface area contributed by atoms with Crippen LogP contribution in [0.25, 0.3) is 0 Å². The molecule has 0 aliphatic carbocycles. The second-order valence-corrected chi connectivity index (χ2v) is 5.10. The van der Waals surface area contributed by atoms with E-state index < -0.39 is 0 Å². The van der Waals surface area contributed by atoms with Gasteiger partial charge in [0.05, 0.1) is 6.04 Å². The van der Waals surface area contributed by atoms with Gasteiger partial charge >= 0.3 is 0 Å². The fraction of sp³-hybridized carbons (Fsp3) is 0.357. The predicted octanol–water partition coefficient (Wildman–Crippen LogP) is 3.55. The smallest absolute Gasteiger partial charge is 0.244 e. The summed E-state index contributed by atoms with van der Waals surface area (Å²) < 4.78 is 0. The average molecular weight is 249 g/mol. The SMILES string of the molecule is CSc1ccc(C(C)NC(=O)C=C(C)C)cc1. The topological polar surface area (TPSA) is 29.1 Å². The molecule has 1 rings (SSSR count). The van der Waals surface area contributed by atoms with E-state index in [1.165, 1.54) is 4.90 Å². The van der Waals surface area contributed by atoms with Crippen molar-refractivity contribution < 1.29 is 4.79 Å². The lowest BCUT2D eigenvalue weighted by molar-refractivity contribution is -0.117. The molecule has 0 aromatic heterocycles. The normalized spacial score (nSPS) is 11.8. The molecule has 1 atom stereocenters. The molecular formula is C14H19NOS. The third kappa shape index (κ3) is 4.65. The van der Waals surface area contributed by atoms with Crippen LogP contribution in [-0.2, 0) is 4.79 Å². The molecular weight excluding hydrogens is 230 g/mol. The quantitative estimate of drug-likeness (QED) is 0.653. The number of thioether (sulfide) groups is 1. The van der Waals surface area contributed by atoms with Crippen molar-refractivity contribution in [2.75, 3.05) is 6.26 Å². The molecule has 1 unspecified atom stereocenters. The fourth-order valence-electron chi connectivity index (χ4n) is 1.49. The lowest BCUT2D eigenvalue weighted by Crippen LogP contribution is -2.24. The van der Waals surface area contributed by atoms with Gasteiger partial charge in [-0.15, -0.1) is 11.8 Å². The number of nitrogens with one attached hydrogen (secondary N) is 1. The third-order valence-electron chi connectivity index (χ3n) is 2.39. The third-order valence-corrected chi connectivity index (χ3v) is 3.14. The van der Waals surface area contributed by atoms with E-state index in [1.54, 1.807) is 17.8 Å². The molecule has 0 bridgehead atoms. The maximum atomic E-state index is 11.6. The molecule has 0 spiro atoms. The van der Waals surface area contributed by atoms with Crippen LogP contribution in [-0.4, -0.2) is 12.2 Å². The zero-order chi connectivity index (χ0) is 12.8. The summed E-state index contributed by atoms with van der Waals surface area (Å²) in [5.74, 6) is -0.0357. The summed E-state index contributed by atoms with van der Waals surface area (Å²) in [7, 11) is 0. The number of benzene rings is 1. The molecule has 0 fully saturated rings. The number of amides is 1. The van der Waals surface area contributed by atoms with Crippen LogP contribution in [0.4, 0.5) is 0 Å². The largest absolute Gasteiger partial charge is 0.346 e. The summed E-state index contributed by atoms with van der Waals surface area (Å²) in [4.78, 5) is 12.8. The van der Waals surface area contributed by atoms with E-state index in [0.29, 0.717) is 0 Å². The molecule has 0 aliphatic rings. The van der Waals surface area contributed by atoms with E-state index in [4.69, 9.17) is 0 Å². The van der Waals surface area contributed by atoms with Gasteiger partial charge in [-0.05, 0) is 44.7 Å². The van der Waals surface area contributed by atoms with Gasteiger partial charge in [-0.2, -0.15) is 0 Å². The van der Waals surface area contributed by atoms with Crippen molar-refractivity contribution in [2.45, 2.75) is 31.7 Å². The minimum atomic E-state index is -0.0357. The maximum absolute atomic E-state index is 11.6. The Morgan fingerprint density at radius 2 is 1.88 bits per heavy atom. The van der Waals surface area contributed by atoms with E-state index in [1.807, 2.05) is 20.8 Å². The molecule has 2 nitrogen and oxygen atoms in total. The Bertz CT molecular complexity index is 405. The van der Waals surface area contributed by atoms with Crippen molar-refractivity contribution in [1.29, 1.82) is 0 Å². The van der Waals surface area contributed by atoms with Crippen LogP contribution in [0.1, 0.15) is 32.4 Å². The highest BCUT2D eigenvalue weighted by Crippen LogP contribution is 2.18. The lowest BCUT2D eigenvalue weighted by Gasteiger charge is -2.13. The molecule has 0 heterocycles. The van der Waals surface area contributed by atoms with Gasteiger partial charge in [0.2, 0.25) is 5.91 Å². The van der Waals surface area contributed by atoms with Crippen molar-refractivity contribution in [3.05, 3.63) is 41.5 Å². The van der Waals surface area contributed by atoms with E-state index in [2.05, 4.69) is 35.8 Å². The highest BCUT2D eigenvalue weighted by atomic mass is 32.2. The van der Waals surface area contributed by atoms with Gasteiger partial charge in [0.25, 0.3) is 0 Å². The minimum absolute atomic E-state index is 0.0357. The van der Waals surface area contributed by atoms with E-state index in [0.717, 1.165) is 11.1 Å². The maximum Gasteiger partial charge on any atom is 0.244 e. The lowest BCUT2D eigenvalue weighted by atomic mass is 10.1. The number of hydrogen-bond acceptors (Lipinski definition) is 2. The minimum Gasteiger partial charge on any atom is -0.346 e. The molecule has 92 valence electrons. The van der Waals surface area contributed by atoms with Crippen LogP contribution in [0, 0.1) is 0 Å². The Morgan fingerprint density at radius 1 is 1.29 bits per heavy atom. The highest BCUT2D eigenvalue weighted by Gasteiger charge is 2.07. The molecule has 1 aromatic rings. The first-order valence-corrected chi connectivity index (χ1v) is 6.84. The average Bonchev–Trinajstić information content (AvgIpc) is 2.28. The Labute approximate surface area is 107 Å². The number of rotatable bonds is 4. The number of carbonyl (C=O) groups excluding carboxylic acids is 1. The van der Waals surface area contributed by atoms with Crippen molar-refractivity contribution in [2.24, 2.45) is 0 Å². The van der Waals surface area contributed by atoms with E-state index >= 15 is 0 Å². The zero-order valence-electron chi connectivity index (χ0n) is 10.8. The summed E-state index contributed by atoms with van der Waals surface area (Å²) in [5.41, 5.74) is 2.13. The monoisotopic (exact) mass is 249 g/mol. The first-order chi connectivity index (χ1) is 8.02. The molecule has 17 heavy (non-hydrogen) atoms. The van der Waals surface area contributed by atoms with Crippen molar-refractivity contribution in [1.82, 2.24) is 5.32 Å². The van der Waals surface area contributed by atoms with Crippen LogP contribution in [0.2, 0.25) is 0 Å². The van der Waals surface area contributed by atoms with Crippen molar-refractivity contribution in [3.63, 3.8) is 0 Å². The van der Waals surface area contributed by atoms with Crippen LogP contribution in [0.3, 0.4) is 0 Å². The number of hydrogen-bond donors (Lipinski definition) is 1. The van der Waals surface area contributed by atoms with Crippen LogP contribution in [0.5, 0.6) is 0 Å². The second kappa shape index (κ2) is 6.50. The van der Waals surface area contributed by atoms with Gasteiger partial charge in [0, 0.05) is 11.0 Å². The van der Waals surface area contributed by atoms with Gasteiger partial charge in [-0.3, -0.25) is 4.79 Å². The molecule has 0 radical (unpaired) electrons. The van der Waals surface area contributed by atoms with Crippen LogP contribution in [0.15, 0.2) is 40.8 Å². The first-order valence-electron chi connectivity index (χ1n) is 5.62. The van der Waals surface area contributed by atoms with Gasteiger partial charge in [0.1, 0.15) is 0 Å². The molecule has 0 aliphatic heterocycles. The van der Waals surface area contributed by atoms with Gasteiger partial charge < -0.3 is 5.32 Å². The summed E-state index contributed by atoms with van der Waals surface area (Å²) >= 11 is 1.71. The summed E-state index contributed by atoms with van der Waals surface area (Å²) in [6.07, 6.45) is 3.67. The first kappa shape index (κ1) is 13.8. The number of allylic oxidation sites excluding steroid dienone is 1. The predicted molar refractivity (Wildman–Crippen MR) is 74.2 cm³/mol. The zero-order valence-corrected chi connectivity index (χ0v) is 11.6. The second-order valence-electron chi connectivity index (χ2n) is 4.23. The Kier molecular flexibility index (Phi) is 5.29. The summed E-state index contributed by atoms with van der Waals surface area (Å²) in [6.45, 7) is 5.82. The van der Waals surface area contributed by atoms with Crippen LogP contribution < -0.4 is 5.32 Å². The van der Waals surface area contributed by atoms with Crippen LogP contribution >= 0.6 is 11.8 Å². The van der Waals surface area contributed by atoms with Crippen molar-refractivity contribution in [3.8, 4) is 0 Å². The van der Waals surface area contributed by atoms with Gasteiger partial charge in [-0.1, -0.05) is 17.7 Å². The Morgan fingerprint density at radius 3 is 2.35 bits per heavy atom. The summed E-state index contributed by atoms with van der Waals surface area (Å²) in [6, 6.07) is 8.29. The molecule has 1 N–H and O–H groups in total. The standard InChI is InChI=1S/C14H19NOS/c1-10(2)9-14(16)15-11(3)12-5-7-13(17-4)8-6-12/h5-9,11H,1-4H3,(H,15,16). The molecule has 0 saturated carbocycles. The van der Waals surface area contributed by atoms with Gasteiger partial charge in [0.15, 0.2) is 0 Å². The summed E-state index contributed by atoms with van der Waals surface area (Å²) in [5, 5.41) is 2.94. The highest BCUT2D eigenvalue weighted by molar-refractivity contribution is 7.98. The van der Waals surface area contributed by atoms with E-state index in [-0.39, 0.29) is 11.9 Å². The fourth-order valence-corrected chi connectivity index (χ4v) is 1.90. The number of carbonyl (C=O) groups is 1. The van der Waals surface area contributed by atoms with E-state index in [9.17, 15) is 4.79 Å². The Hall–Kier alpha value is -1.22. The van der Waals surface area contributed by atoms with Crippen molar-refractivity contribution >= 4 is 17.7 Å². The molecule has 0 saturated heterocycles. The Balaban J connectivity index is 2.66. The molecule has 1 aromatic carbocycles. The van der Waals surface area contributed by atoms with Gasteiger partial charge in [-0.25, -0.2) is 0 Å². The molecule has 3 heteroatoms.